The van der Waals surface area contributed by atoms with Crippen LogP contribution in [0.5, 0.6) is 0 Å². The third kappa shape index (κ3) is 5.90. The number of hydrogen-bond acceptors (Lipinski definition) is 4. The maximum absolute atomic E-state index is 12.9. The third-order valence-electron chi connectivity index (χ3n) is 5.36. The maximum atomic E-state index is 12.9. The molecule has 1 aliphatic heterocycles. The summed E-state index contributed by atoms with van der Waals surface area (Å²) in [5.41, 5.74) is 2.62. The largest absolute Gasteiger partial charge is 0.380 e. The van der Waals surface area contributed by atoms with E-state index in [2.05, 4.69) is 5.32 Å². The number of nitrogens with one attached hydrogen (secondary N) is 1. The van der Waals surface area contributed by atoms with E-state index < -0.39 is 10.0 Å². The Morgan fingerprint density at radius 3 is 2.33 bits per heavy atom. The molecule has 2 aromatic carbocycles. The molecule has 1 saturated heterocycles. The SMILES string of the molecule is COCc1ccccc1NC(=O)CCc1ccc(S(=O)(=O)N2CCCCCC2)cc1. The minimum atomic E-state index is -3.44. The zero-order chi connectivity index (χ0) is 21.4. The first-order valence-corrected chi connectivity index (χ1v) is 11.9. The second-order valence-electron chi connectivity index (χ2n) is 7.60. The van der Waals surface area contributed by atoms with Crippen LogP contribution in [0.25, 0.3) is 0 Å². The second-order valence-corrected chi connectivity index (χ2v) is 9.54. The van der Waals surface area contributed by atoms with Gasteiger partial charge in [-0.1, -0.05) is 43.2 Å². The van der Waals surface area contributed by atoms with Crippen molar-refractivity contribution < 1.29 is 17.9 Å². The van der Waals surface area contributed by atoms with E-state index in [9.17, 15) is 13.2 Å². The summed E-state index contributed by atoms with van der Waals surface area (Å²) in [7, 11) is -1.82. The smallest absolute Gasteiger partial charge is 0.243 e. The van der Waals surface area contributed by atoms with E-state index in [1.807, 2.05) is 24.3 Å². The van der Waals surface area contributed by atoms with Gasteiger partial charge in [-0.3, -0.25) is 4.79 Å². The van der Waals surface area contributed by atoms with Crippen molar-refractivity contribution in [3.8, 4) is 0 Å². The van der Waals surface area contributed by atoms with Crippen LogP contribution in [0.4, 0.5) is 5.69 Å². The van der Waals surface area contributed by atoms with Gasteiger partial charge >= 0.3 is 0 Å². The van der Waals surface area contributed by atoms with E-state index in [4.69, 9.17) is 4.74 Å². The third-order valence-corrected chi connectivity index (χ3v) is 7.27. The predicted molar refractivity (Wildman–Crippen MR) is 118 cm³/mol. The summed E-state index contributed by atoms with van der Waals surface area (Å²) in [5, 5.41) is 2.93. The molecule has 1 N–H and O–H groups in total. The molecule has 1 aliphatic rings. The van der Waals surface area contributed by atoms with Crippen LogP contribution in [0.15, 0.2) is 53.4 Å². The quantitative estimate of drug-likeness (QED) is 0.688. The Bertz CT molecular complexity index is 934. The van der Waals surface area contributed by atoms with E-state index in [0.29, 0.717) is 37.4 Å². The Kier molecular flexibility index (Phi) is 8.01. The van der Waals surface area contributed by atoms with Crippen molar-refractivity contribution in [2.45, 2.75) is 50.0 Å². The van der Waals surface area contributed by atoms with E-state index in [0.717, 1.165) is 42.5 Å². The number of para-hydroxylation sites is 1. The molecule has 0 bridgehead atoms. The van der Waals surface area contributed by atoms with Crippen LogP contribution < -0.4 is 5.32 Å². The minimum Gasteiger partial charge on any atom is -0.380 e. The molecule has 7 heteroatoms. The molecule has 1 amide bonds. The van der Waals surface area contributed by atoms with Gasteiger partial charge in [0.1, 0.15) is 0 Å². The highest BCUT2D eigenvalue weighted by Gasteiger charge is 2.24. The minimum absolute atomic E-state index is 0.0835. The Balaban J connectivity index is 1.57. The lowest BCUT2D eigenvalue weighted by molar-refractivity contribution is -0.116. The molecule has 1 heterocycles. The number of benzene rings is 2. The molecule has 0 saturated carbocycles. The molecule has 0 atom stereocenters. The lowest BCUT2D eigenvalue weighted by Gasteiger charge is -2.20. The molecular weight excluding hydrogens is 400 g/mol. The Labute approximate surface area is 179 Å². The fourth-order valence-electron chi connectivity index (χ4n) is 3.65. The molecule has 0 spiro atoms. The number of hydrogen-bond donors (Lipinski definition) is 1. The predicted octanol–water partition coefficient (Wildman–Crippen LogP) is 3.97. The molecule has 0 aliphatic carbocycles. The van der Waals surface area contributed by atoms with E-state index in [1.54, 1.807) is 35.7 Å². The monoisotopic (exact) mass is 430 g/mol. The summed E-state index contributed by atoms with van der Waals surface area (Å²) in [6.45, 7) is 1.62. The van der Waals surface area contributed by atoms with Gasteiger partial charge < -0.3 is 10.1 Å². The van der Waals surface area contributed by atoms with Crippen molar-refractivity contribution in [2.75, 3.05) is 25.5 Å². The molecule has 2 aromatic rings. The van der Waals surface area contributed by atoms with Crippen LogP contribution in [0.3, 0.4) is 0 Å². The van der Waals surface area contributed by atoms with Gasteiger partial charge in [-0.25, -0.2) is 8.42 Å². The molecule has 30 heavy (non-hydrogen) atoms. The first-order valence-electron chi connectivity index (χ1n) is 10.5. The Morgan fingerprint density at radius 1 is 1.00 bits per heavy atom. The van der Waals surface area contributed by atoms with Crippen LogP contribution in [0, 0.1) is 0 Å². The molecule has 6 nitrogen and oxygen atoms in total. The van der Waals surface area contributed by atoms with Crippen LogP contribution in [-0.4, -0.2) is 38.8 Å². The number of anilines is 1. The molecule has 0 radical (unpaired) electrons. The molecule has 0 unspecified atom stereocenters. The van der Waals surface area contributed by atoms with Gasteiger partial charge in [0.2, 0.25) is 15.9 Å². The van der Waals surface area contributed by atoms with Crippen molar-refractivity contribution in [1.82, 2.24) is 4.31 Å². The summed E-state index contributed by atoms with van der Waals surface area (Å²) in [6, 6.07) is 14.5. The summed E-state index contributed by atoms with van der Waals surface area (Å²) in [4.78, 5) is 12.7. The lowest BCUT2D eigenvalue weighted by Crippen LogP contribution is -2.31. The number of methoxy groups -OCH3 is 1. The van der Waals surface area contributed by atoms with E-state index in [1.165, 1.54) is 0 Å². The number of carbonyl (C=O) groups excluding carboxylic acids is 1. The fraction of sp³-hybridized carbons (Fsp3) is 0.435. The van der Waals surface area contributed by atoms with Crippen LogP contribution in [0.1, 0.15) is 43.2 Å². The summed E-state index contributed by atoms with van der Waals surface area (Å²) < 4.78 is 32.5. The zero-order valence-corrected chi connectivity index (χ0v) is 18.3. The number of nitrogens with zero attached hydrogens (tertiary/aromatic N) is 1. The average Bonchev–Trinajstić information content (AvgIpc) is 3.04. The van der Waals surface area contributed by atoms with Gasteiger partial charge in [-0.2, -0.15) is 4.31 Å². The molecule has 3 rings (SSSR count). The van der Waals surface area contributed by atoms with Crippen molar-refractivity contribution >= 4 is 21.6 Å². The average molecular weight is 431 g/mol. The normalized spacial score (nSPS) is 15.5. The van der Waals surface area contributed by atoms with Gasteiger partial charge in [0.25, 0.3) is 0 Å². The zero-order valence-electron chi connectivity index (χ0n) is 17.5. The highest BCUT2D eigenvalue weighted by Crippen LogP contribution is 2.21. The number of sulfonamides is 1. The molecule has 0 aromatic heterocycles. The molecule has 1 fully saturated rings. The highest BCUT2D eigenvalue weighted by atomic mass is 32.2. The fourth-order valence-corrected chi connectivity index (χ4v) is 5.17. The van der Waals surface area contributed by atoms with Gasteiger partial charge in [0, 0.05) is 37.9 Å². The molecular formula is C23H30N2O4S. The number of amides is 1. The van der Waals surface area contributed by atoms with Crippen molar-refractivity contribution in [3.63, 3.8) is 0 Å². The number of aryl methyl sites for hydroxylation is 1. The molecule has 162 valence electrons. The first-order chi connectivity index (χ1) is 14.5. The first kappa shape index (κ1) is 22.5. The lowest BCUT2D eigenvalue weighted by atomic mass is 10.1. The summed E-state index contributed by atoms with van der Waals surface area (Å²) in [6.07, 6.45) is 4.87. The summed E-state index contributed by atoms with van der Waals surface area (Å²) >= 11 is 0. The summed E-state index contributed by atoms with van der Waals surface area (Å²) in [5.74, 6) is -0.0835. The number of ether oxygens (including phenoxy) is 1. The van der Waals surface area contributed by atoms with Gasteiger partial charge in [-0.15, -0.1) is 0 Å². The van der Waals surface area contributed by atoms with E-state index in [-0.39, 0.29) is 5.91 Å². The topological polar surface area (TPSA) is 75.7 Å². The van der Waals surface area contributed by atoms with Crippen LogP contribution >= 0.6 is 0 Å². The van der Waals surface area contributed by atoms with Gasteiger partial charge in [0.05, 0.1) is 11.5 Å². The standard InChI is InChI=1S/C23H30N2O4S/c1-29-18-20-8-4-5-9-22(20)24-23(26)15-12-19-10-13-21(14-11-19)30(27,28)25-16-6-2-3-7-17-25/h4-5,8-11,13-14H,2-3,6-7,12,15-18H2,1H3,(H,24,26). The van der Waals surface area contributed by atoms with Crippen LogP contribution in [-0.2, 0) is 32.6 Å². The van der Waals surface area contributed by atoms with Crippen LogP contribution in [0.2, 0.25) is 0 Å². The van der Waals surface area contributed by atoms with Crippen molar-refractivity contribution in [1.29, 1.82) is 0 Å². The number of rotatable bonds is 8. The van der Waals surface area contributed by atoms with Gasteiger partial charge in [-0.05, 0) is 43.0 Å². The van der Waals surface area contributed by atoms with Crippen molar-refractivity contribution in [2.24, 2.45) is 0 Å². The Morgan fingerprint density at radius 2 is 1.67 bits per heavy atom. The van der Waals surface area contributed by atoms with Gasteiger partial charge in [0.15, 0.2) is 0 Å². The Hall–Kier alpha value is -2.22. The highest BCUT2D eigenvalue weighted by molar-refractivity contribution is 7.89. The second kappa shape index (κ2) is 10.7. The van der Waals surface area contributed by atoms with E-state index >= 15 is 0 Å². The maximum Gasteiger partial charge on any atom is 0.243 e. The van der Waals surface area contributed by atoms with Crippen molar-refractivity contribution in [3.05, 3.63) is 59.7 Å². The number of carbonyl (C=O) groups is 1.